The van der Waals surface area contributed by atoms with Crippen LogP contribution < -0.4 is 5.32 Å². The molecule has 1 saturated heterocycles. The Labute approximate surface area is 122 Å². The molecule has 1 heterocycles. The van der Waals surface area contributed by atoms with Crippen LogP contribution in [0.3, 0.4) is 0 Å². The van der Waals surface area contributed by atoms with Crippen molar-refractivity contribution >= 4 is 11.7 Å². The summed E-state index contributed by atoms with van der Waals surface area (Å²) in [4.78, 5) is 14.4. The first-order valence-corrected chi connectivity index (χ1v) is 7.80. The van der Waals surface area contributed by atoms with E-state index in [-0.39, 0.29) is 6.03 Å². The maximum atomic E-state index is 12.5. The monoisotopic (exact) mass is 274 g/mol. The van der Waals surface area contributed by atoms with Crippen LogP contribution in [-0.2, 0) is 6.42 Å². The molecule has 0 aromatic heterocycles. The third kappa shape index (κ3) is 3.33. The van der Waals surface area contributed by atoms with E-state index in [1.54, 1.807) is 0 Å². The molecule has 1 unspecified atom stereocenters. The standard InChI is InChI=1S/C17H26N2O/c1-4-14-9-7-11-19(12-14)17(20)18-16-13(3)8-6-10-15(16)5-2/h6,8,10,14H,4-5,7,9,11-12H2,1-3H3,(H,18,20). The van der Waals surface area contributed by atoms with Gasteiger partial charge in [-0.3, -0.25) is 0 Å². The first-order valence-electron chi connectivity index (χ1n) is 7.80. The Morgan fingerprint density at radius 1 is 1.40 bits per heavy atom. The normalized spacial score (nSPS) is 18.9. The fourth-order valence-corrected chi connectivity index (χ4v) is 2.97. The molecule has 110 valence electrons. The molecule has 0 saturated carbocycles. The van der Waals surface area contributed by atoms with Gasteiger partial charge in [-0.25, -0.2) is 4.79 Å². The van der Waals surface area contributed by atoms with Gasteiger partial charge in [0.25, 0.3) is 0 Å². The van der Waals surface area contributed by atoms with E-state index in [1.165, 1.54) is 12.0 Å². The lowest BCUT2D eigenvalue weighted by Crippen LogP contribution is -2.42. The predicted molar refractivity (Wildman–Crippen MR) is 84.2 cm³/mol. The van der Waals surface area contributed by atoms with Crippen molar-refractivity contribution in [2.75, 3.05) is 18.4 Å². The number of piperidine rings is 1. The second-order valence-corrected chi connectivity index (χ2v) is 5.76. The van der Waals surface area contributed by atoms with Crippen LogP contribution >= 0.6 is 0 Å². The summed E-state index contributed by atoms with van der Waals surface area (Å²) in [7, 11) is 0. The van der Waals surface area contributed by atoms with Crippen molar-refractivity contribution < 1.29 is 4.79 Å². The SMILES string of the molecule is CCc1cccc(C)c1NC(=O)N1CCCC(CC)C1. The van der Waals surface area contributed by atoms with Gasteiger partial charge < -0.3 is 10.2 Å². The summed E-state index contributed by atoms with van der Waals surface area (Å²) < 4.78 is 0. The van der Waals surface area contributed by atoms with Gasteiger partial charge in [0.1, 0.15) is 0 Å². The van der Waals surface area contributed by atoms with E-state index in [2.05, 4.69) is 44.3 Å². The van der Waals surface area contributed by atoms with E-state index in [0.717, 1.165) is 43.6 Å². The lowest BCUT2D eigenvalue weighted by atomic mass is 9.96. The molecule has 1 aliphatic heterocycles. The second-order valence-electron chi connectivity index (χ2n) is 5.76. The van der Waals surface area contributed by atoms with Gasteiger partial charge in [-0.2, -0.15) is 0 Å². The summed E-state index contributed by atoms with van der Waals surface area (Å²) in [5, 5.41) is 3.13. The molecule has 0 bridgehead atoms. The molecular weight excluding hydrogens is 248 g/mol. The summed E-state index contributed by atoms with van der Waals surface area (Å²) >= 11 is 0. The number of hydrogen-bond acceptors (Lipinski definition) is 1. The van der Waals surface area contributed by atoms with E-state index < -0.39 is 0 Å². The van der Waals surface area contributed by atoms with Crippen LogP contribution in [0.1, 0.15) is 44.2 Å². The highest BCUT2D eigenvalue weighted by Gasteiger charge is 2.23. The number of anilines is 1. The number of nitrogens with zero attached hydrogens (tertiary/aromatic N) is 1. The van der Waals surface area contributed by atoms with Gasteiger partial charge in [0.15, 0.2) is 0 Å². The highest BCUT2D eigenvalue weighted by atomic mass is 16.2. The van der Waals surface area contributed by atoms with Crippen LogP contribution in [-0.4, -0.2) is 24.0 Å². The Hall–Kier alpha value is -1.51. The van der Waals surface area contributed by atoms with Crippen molar-refractivity contribution in [2.24, 2.45) is 5.92 Å². The van der Waals surface area contributed by atoms with Crippen LogP contribution in [0, 0.1) is 12.8 Å². The third-order valence-corrected chi connectivity index (χ3v) is 4.36. The fourth-order valence-electron chi connectivity index (χ4n) is 2.97. The molecule has 20 heavy (non-hydrogen) atoms. The Morgan fingerprint density at radius 3 is 2.90 bits per heavy atom. The zero-order chi connectivity index (χ0) is 14.5. The molecule has 2 amide bonds. The molecule has 0 radical (unpaired) electrons. The number of para-hydroxylation sites is 1. The summed E-state index contributed by atoms with van der Waals surface area (Å²) in [6.45, 7) is 8.17. The van der Waals surface area contributed by atoms with Crippen LogP contribution in [0.5, 0.6) is 0 Å². The van der Waals surface area contributed by atoms with Gasteiger partial charge in [-0.1, -0.05) is 38.5 Å². The first-order chi connectivity index (χ1) is 9.65. The zero-order valence-corrected chi connectivity index (χ0v) is 12.9. The number of carbonyl (C=O) groups is 1. The Morgan fingerprint density at radius 2 is 2.20 bits per heavy atom. The van der Waals surface area contributed by atoms with Crippen molar-refractivity contribution in [3.05, 3.63) is 29.3 Å². The average molecular weight is 274 g/mol. The lowest BCUT2D eigenvalue weighted by molar-refractivity contribution is 0.176. The number of carbonyl (C=O) groups excluding carboxylic acids is 1. The summed E-state index contributed by atoms with van der Waals surface area (Å²) in [6.07, 6.45) is 4.48. The summed E-state index contributed by atoms with van der Waals surface area (Å²) in [6, 6.07) is 6.26. The van der Waals surface area contributed by atoms with Crippen LogP contribution in [0.2, 0.25) is 0 Å². The molecule has 1 aromatic rings. The number of aryl methyl sites for hydroxylation is 2. The number of likely N-dealkylation sites (tertiary alicyclic amines) is 1. The Bertz CT molecular complexity index is 470. The largest absolute Gasteiger partial charge is 0.324 e. The first kappa shape index (κ1) is 14.9. The van der Waals surface area contributed by atoms with Crippen LogP contribution in [0.15, 0.2) is 18.2 Å². The maximum Gasteiger partial charge on any atom is 0.321 e. The molecule has 1 N–H and O–H groups in total. The molecule has 1 fully saturated rings. The molecule has 1 aromatic carbocycles. The maximum absolute atomic E-state index is 12.5. The van der Waals surface area contributed by atoms with Crippen molar-refractivity contribution in [3.8, 4) is 0 Å². The number of urea groups is 1. The highest BCUT2D eigenvalue weighted by molar-refractivity contribution is 5.91. The van der Waals surface area contributed by atoms with Gasteiger partial charge >= 0.3 is 6.03 Å². The van der Waals surface area contributed by atoms with Gasteiger partial charge in [-0.05, 0) is 43.2 Å². The number of rotatable bonds is 3. The molecule has 0 spiro atoms. The topological polar surface area (TPSA) is 32.3 Å². The minimum atomic E-state index is 0.0622. The minimum absolute atomic E-state index is 0.0622. The number of nitrogens with one attached hydrogen (secondary N) is 1. The average Bonchev–Trinajstić information content (AvgIpc) is 2.49. The van der Waals surface area contributed by atoms with E-state index >= 15 is 0 Å². The van der Waals surface area contributed by atoms with Crippen LogP contribution in [0.4, 0.5) is 10.5 Å². The zero-order valence-electron chi connectivity index (χ0n) is 12.9. The van der Waals surface area contributed by atoms with Gasteiger partial charge in [-0.15, -0.1) is 0 Å². The number of benzene rings is 1. The molecular formula is C17H26N2O. The molecule has 3 nitrogen and oxygen atoms in total. The van der Waals surface area contributed by atoms with E-state index in [9.17, 15) is 4.79 Å². The smallest absolute Gasteiger partial charge is 0.321 e. The van der Waals surface area contributed by atoms with E-state index in [4.69, 9.17) is 0 Å². The number of hydrogen-bond donors (Lipinski definition) is 1. The molecule has 3 heteroatoms. The van der Waals surface area contributed by atoms with Crippen molar-refractivity contribution in [1.29, 1.82) is 0 Å². The van der Waals surface area contributed by atoms with Crippen molar-refractivity contribution in [2.45, 2.75) is 46.5 Å². The third-order valence-electron chi connectivity index (χ3n) is 4.36. The van der Waals surface area contributed by atoms with Crippen molar-refractivity contribution in [3.63, 3.8) is 0 Å². The molecule has 1 atom stereocenters. The quantitative estimate of drug-likeness (QED) is 0.879. The van der Waals surface area contributed by atoms with Gasteiger partial charge in [0.05, 0.1) is 0 Å². The van der Waals surface area contributed by atoms with Gasteiger partial charge in [0.2, 0.25) is 0 Å². The van der Waals surface area contributed by atoms with E-state index in [0.29, 0.717) is 5.92 Å². The second kappa shape index (κ2) is 6.78. The summed E-state index contributed by atoms with van der Waals surface area (Å²) in [5.41, 5.74) is 3.35. The molecule has 0 aliphatic carbocycles. The highest BCUT2D eigenvalue weighted by Crippen LogP contribution is 2.23. The lowest BCUT2D eigenvalue weighted by Gasteiger charge is -2.32. The minimum Gasteiger partial charge on any atom is -0.324 e. The van der Waals surface area contributed by atoms with Gasteiger partial charge in [0, 0.05) is 18.8 Å². The number of amides is 2. The molecule has 1 aliphatic rings. The predicted octanol–water partition coefficient (Wildman–Crippen LogP) is 4.21. The molecule has 2 rings (SSSR count). The Kier molecular flexibility index (Phi) is 5.05. The van der Waals surface area contributed by atoms with E-state index in [1.807, 2.05) is 4.90 Å². The van der Waals surface area contributed by atoms with Crippen molar-refractivity contribution in [1.82, 2.24) is 4.90 Å². The summed E-state index contributed by atoms with van der Waals surface area (Å²) in [5.74, 6) is 0.664. The van der Waals surface area contributed by atoms with Crippen LogP contribution in [0.25, 0.3) is 0 Å². The fraction of sp³-hybridized carbons (Fsp3) is 0.588. The Balaban J connectivity index is 2.08.